The minimum Gasteiger partial charge on any atom is -0.344 e. The van der Waals surface area contributed by atoms with E-state index in [1.165, 1.54) is 0 Å². The summed E-state index contributed by atoms with van der Waals surface area (Å²) in [6, 6.07) is 9.45. The lowest BCUT2D eigenvalue weighted by Crippen LogP contribution is -2.49. The fourth-order valence-electron chi connectivity index (χ4n) is 2.78. The molecular weight excluding hydrogens is 308 g/mol. The van der Waals surface area contributed by atoms with Crippen LogP contribution in [0.2, 0.25) is 0 Å². The second kappa shape index (κ2) is 9.60. The number of thioether (sulfide) groups is 1. The summed E-state index contributed by atoms with van der Waals surface area (Å²) in [6.45, 7) is 3.70. The molecule has 0 bridgehead atoms. The Balaban J connectivity index is 1.98. The monoisotopic (exact) mass is 334 g/mol. The van der Waals surface area contributed by atoms with Crippen molar-refractivity contribution in [2.24, 2.45) is 0 Å². The van der Waals surface area contributed by atoms with Crippen LogP contribution in [-0.4, -0.2) is 47.4 Å². The molecule has 23 heavy (non-hydrogen) atoms. The third-order valence-electron chi connectivity index (χ3n) is 4.01. The summed E-state index contributed by atoms with van der Waals surface area (Å²) in [5.41, 5.74) is 1.08. The number of likely N-dealkylation sites (tertiary alicyclic amines) is 1. The Bertz CT molecular complexity index is 501. The molecule has 0 aliphatic carbocycles. The van der Waals surface area contributed by atoms with Crippen molar-refractivity contribution in [3.05, 3.63) is 35.9 Å². The van der Waals surface area contributed by atoms with Crippen LogP contribution in [0.5, 0.6) is 0 Å². The molecule has 1 fully saturated rings. The average molecular weight is 334 g/mol. The van der Waals surface area contributed by atoms with E-state index < -0.39 is 6.04 Å². The first-order chi connectivity index (χ1) is 11.2. The number of benzene rings is 1. The summed E-state index contributed by atoms with van der Waals surface area (Å²) >= 11 is 1.75. The van der Waals surface area contributed by atoms with Crippen LogP contribution < -0.4 is 5.32 Å². The Morgan fingerprint density at radius 2 is 1.91 bits per heavy atom. The molecule has 1 aromatic rings. The van der Waals surface area contributed by atoms with Gasteiger partial charge in [-0.15, -0.1) is 0 Å². The van der Waals surface area contributed by atoms with Gasteiger partial charge < -0.3 is 10.2 Å². The minimum atomic E-state index is -0.449. The van der Waals surface area contributed by atoms with Crippen LogP contribution in [0.25, 0.3) is 0 Å². The smallest absolute Gasteiger partial charge is 0.245 e. The van der Waals surface area contributed by atoms with Crippen LogP contribution >= 0.6 is 11.8 Å². The molecule has 1 N–H and O–H groups in total. The number of hydrogen-bond acceptors (Lipinski definition) is 3. The fourth-order valence-corrected chi connectivity index (χ4v) is 3.40. The number of nitrogens with one attached hydrogen (secondary N) is 1. The summed E-state index contributed by atoms with van der Waals surface area (Å²) in [4.78, 5) is 26.7. The lowest BCUT2D eigenvalue weighted by molar-refractivity contribution is -0.135. The molecule has 126 valence electrons. The second-order valence-corrected chi connectivity index (χ2v) is 7.18. The van der Waals surface area contributed by atoms with E-state index in [9.17, 15) is 9.59 Å². The summed E-state index contributed by atoms with van der Waals surface area (Å²) < 4.78 is 0. The van der Waals surface area contributed by atoms with Crippen molar-refractivity contribution >= 4 is 23.6 Å². The van der Waals surface area contributed by atoms with Crippen molar-refractivity contribution in [2.45, 2.75) is 38.6 Å². The van der Waals surface area contributed by atoms with E-state index in [-0.39, 0.29) is 11.8 Å². The van der Waals surface area contributed by atoms with Gasteiger partial charge >= 0.3 is 0 Å². The zero-order chi connectivity index (χ0) is 16.5. The van der Waals surface area contributed by atoms with Gasteiger partial charge in [0.25, 0.3) is 0 Å². The van der Waals surface area contributed by atoms with Crippen molar-refractivity contribution in [1.82, 2.24) is 10.2 Å². The quantitative estimate of drug-likeness (QED) is 0.743. The maximum atomic E-state index is 12.7. The largest absolute Gasteiger partial charge is 0.344 e. The van der Waals surface area contributed by atoms with Gasteiger partial charge in [0, 0.05) is 31.7 Å². The van der Waals surface area contributed by atoms with E-state index in [2.05, 4.69) is 12.2 Å². The number of hydrogen-bond donors (Lipinski definition) is 1. The molecule has 1 aliphatic rings. The van der Waals surface area contributed by atoms with Gasteiger partial charge in [0.2, 0.25) is 11.8 Å². The van der Waals surface area contributed by atoms with E-state index in [1.807, 2.05) is 35.2 Å². The van der Waals surface area contributed by atoms with Crippen LogP contribution in [-0.2, 0) is 16.0 Å². The van der Waals surface area contributed by atoms with Gasteiger partial charge in [-0.3, -0.25) is 9.59 Å². The molecule has 0 radical (unpaired) electrons. The molecule has 2 rings (SSSR count). The van der Waals surface area contributed by atoms with Crippen LogP contribution in [0.4, 0.5) is 0 Å². The normalized spacial score (nSPS) is 15.4. The molecule has 1 atom stereocenters. The molecule has 0 unspecified atom stereocenters. The molecule has 2 amide bonds. The van der Waals surface area contributed by atoms with E-state index in [1.54, 1.807) is 11.8 Å². The minimum absolute atomic E-state index is 0.0283. The van der Waals surface area contributed by atoms with Crippen LogP contribution in [0.15, 0.2) is 30.3 Å². The van der Waals surface area contributed by atoms with Gasteiger partial charge in [-0.25, -0.2) is 0 Å². The summed E-state index contributed by atoms with van der Waals surface area (Å²) in [7, 11) is 0. The molecule has 4 nitrogen and oxygen atoms in total. The van der Waals surface area contributed by atoms with Crippen LogP contribution in [0, 0.1) is 0 Å². The number of carbonyl (C=O) groups excluding carboxylic acids is 2. The Morgan fingerprint density at radius 1 is 1.22 bits per heavy atom. The number of rotatable bonds is 8. The lowest BCUT2D eigenvalue weighted by Gasteiger charge is -2.24. The van der Waals surface area contributed by atoms with Gasteiger partial charge in [-0.05, 0) is 24.2 Å². The highest BCUT2D eigenvalue weighted by Gasteiger charge is 2.27. The standard InChI is InChI=1S/C18H26N2O2S/c1-2-23-13-10-17(21)19-16(14-15-8-4-3-5-9-15)18(22)20-11-6-7-12-20/h3-5,8-9,16H,2,6-7,10-14H2,1H3,(H,19,21)/t16-/m0/s1. The van der Waals surface area contributed by atoms with Crippen LogP contribution in [0.3, 0.4) is 0 Å². The number of amides is 2. The maximum absolute atomic E-state index is 12.7. The predicted octanol–water partition coefficient (Wildman–Crippen LogP) is 2.48. The van der Waals surface area contributed by atoms with Gasteiger partial charge in [-0.2, -0.15) is 11.8 Å². The summed E-state index contributed by atoms with van der Waals surface area (Å²) in [5, 5.41) is 2.96. The van der Waals surface area contributed by atoms with E-state index >= 15 is 0 Å². The first-order valence-corrected chi connectivity index (χ1v) is 9.56. The topological polar surface area (TPSA) is 49.4 Å². The van der Waals surface area contributed by atoms with Crippen molar-refractivity contribution in [1.29, 1.82) is 0 Å². The molecule has 1 aliphatic heterocycles. The van der Waals surface area contributed by atoms with Crippen molar-refractivity contribution < 1.29 is 9.59 Å². The molecule has 0 saturated carbocycles. The van der Waals surface area contributed by atoms with E-state index in [4.69, 9.17) is 0 Å². The Morgan fingerprint density at radius 3 is 2.57 bits per heavy atom. The highest BCUT2D eigenvalue weighted by atomic mass is 32.2. The highest BCUT2D eigenvalue weighted by Crippen LogP contribution is 2.12. The lowest BCUT2D eigenvalue weighted by atomic mass is 10.0. The summed E-state index contributed by atoms with van der Waals surface area (Å²) in [5.74, 6) is 1.84. The molecule has 0 aromatic heterocycles. The fraction of sp³-hybridized carbons (Fsp3) is 0.556. The van der Waals surface area contributed by atoms with Gasteiger partial charge in [0.05, 0.1) is 0 Å². The second-order valence-electron chi connectivity index (χ2n) is 5.79. The zero-order valence-electron chi connectivity index (χ0n) is 13.8. The Kier molecular flexibility index (Phi) is 7.46. The molecule has 5 heteroatoms. The van der Waals surface area contributed by atoms with Crippen molar-refractivity contribution in [3.63, 3.8) is 0 Å². The molecular formula is C18H26N2O2S. The molecule has 1 heterocycles. The Hall–Kier alpha value is -1.49. The van der Waals surface area contributed by atoms with Gasteiger partial charge in [0.1, 0.15) is 6.04 Å². The first-order valence-electron chi connectivity index (χ1n) is 8.40. The molecule has 1 aromatic carbocycles. The van der Waals surface area contributed by atoms with Gasteiger partial charge in [-0.1, -0.05) is 37.3 Å². The SMILES string of the molecule is CCSCCC(=O)N[C@@H](Cc1ccccc1)C(=O)N1CCCC1. The third-order valence-corrected chi connectivity index (χ3v) is 4.91. The van der Waals surface area contributed by atoms with Gasteiger partial charge in [0.15, 0.2) is 0 Å². The molecule has 1 saturated heterocycles. The third kappa shape index (κ3) is 5.90. The van der Waals surface area contributed by atoms with Crippen molar-refractivity contribution in [3.8, 4) is 0 Å². The van der Waals surface area contributed by atoms with Crippen molar-refractivity contribution in [2.75, 3.05) is 24.6 Å². The highest BCUT2D eigenvalue weighted by molar-refractivity contribution is 7.99. The maximum Gasteiger partial charge on any atom is 0.245 e. The zero-order valence-corrected chi connectivity index (χ0v) is 14.6. The average Bonchev–Trinajstić information content (AvgIpc) is 3.09. The van der Waals surface area contributed by atoms with Crippen LogP contribution in [0.1, 0.15) is 31.7 Å². The molecule has 0 spiro atoms. The number of nitrogens with zero attached hydrogens (tertiary/aromatic N) is 1. The van der Waals surface area contributed by atoms with E-state index in [0.29, 0.717) is 12.8 Å². The number of carbonyl (C=O) groups is 2. The Labute approximate surface area is 143 Å². The summed E-state index contributed by atoms with van der Waals surface area (Å²) in [6.07, 6.45) is 3.15. The first kappa shape index (κ1) is 17.9. The van der Waals surface area contributed by atoms with E-state index in [0.717, 1.165) is 43.0 Å². The predicted molar refractivity (Wildman–Crippen MR) is 95.5 cm³/mol.